The maximum Gasteiger partial charge on any atom is 0.299 e. The summed E-state index contributed by atoms with van der Waals surface area (Å²) in [7, 11) is 0. The van der Waals surface area contributed by atoms with Crippen molar-refractivity contribution in [3.05, 3.63) is 28.0 Å². The second kappa shape index (κ2) is 4.91. The van der Waals surface area contributed by atoms with E-state index in [0.29, 0.717) is 18.7 Å². The average Bonchev–Trinajstić information content (AvgIpc) is 2.56. The third-order valence-corrected chi connectivity index (χ3v) is 3.26. The highest BCUT2D eigenvalue weighted by Crippen LogP contribution is 2.33. The minimum atomic E-state index is -0.625. The molecular formula is C13H9BrFNO2. The van der Waals surface area contributed by atoms with Crippen molar-refractivity contribution in [2.24, 2.45) is 0 Å². The van der Waals surface area contributed by atoms with Crippen molar-refractivity contribution in [1.29, 1.82) is 0 Å². The maximum atomic E-state index is 13.5. The molecule has 1 heterocycles. The Morgan fingerprint density at radius 3 is 2.78 bits per heavy atom. The lowest BCUT2D eigenvalue weighted by Gasteiger charge is -2.14. The van der Waals surface area contributed by atoms with E-state index < -0.39 is 17.5 Å². The number of carbonyl (C=O) groups is 2. The van der Waals surface area contributed by atoms with Gasteiger partial charge in [-0.3, -0.25) is 9.59 Å². The molecule has 0 bridgehead atoms. The monoisotopic (exact) mass is 309 g/mol. The molecule has 1 amide bonds. The minimum absolute atomic E-state index is 0.178. The zero-order valence-electron chi connectivity index (χ0n) is 9.59. The molecule has 0 N–H and O–H groups in total. The number of fused-ring (bicyclic) bond motifs is 1. The summed E-state index contributed by atoms with van der Waals surface area (Å²) < 4.78 is 13.6. The van der Waals surface area contributed by atoms with Crippen LogP contribution in [-0.2, 0) is 4.79 Å². The Balaban J connectivity index is 2.40. The van der Waals surface area contributed by atoms with Crippen LogP contribution in [0, 0.1) is 17.7 Å². The van der Waals surface area contributed by atoms with E-state index in [9.17, 15) is 14.0 Å². The van der Waals surface area contributed by atoms with Crippen molar-refractivity contribution >= 4 is 33.3 Å². The van der Waals surface area contributed by atoms with E-state index in [4.69, 9.17) is 0 Å². The van der Waals surface area contributed by atoms with Gasteiger partial charge in [-0.15, -0.1) is 11.8 Å². The van der Waals surface area contributed by atoms with E-state index >= 15 is 0 Å². The van der Waals surface area contributed by atoms with Crippen molar-refractivity contribution < 1.29 is 14.0 Å². The van der Waals surface area contributed by atoms with Gasteiger partial charge in [0.2, 0.25) is 0 Å². The van der Waals surface area contributed by atoms with E-state index in [1.54, 1.807) is 6.92 Å². The number of benzene rings is 1. The van der Waals surface area contributed by atoms with Gasteiger partial charge in [0.15, 0.2) is 0 Å². The first-order valence-corrected chi connectivity index (χ1v) is 6.10. The highest BCUT2D eigenvalue weighted by atomic mass is 79.9. The van der Waals surface area contributed by atoms with Crippen LogP contribution in [0.5, 0.6) is 0 Å². The largest absolute Gasteiger partial charge is 0.304 e. The standard InChI is InChI=1S/C13H9BrFNO2/c1-2-3-4-5-16-11-7-10(15)9(14)6-8(11)12(17)13(16)18/h6-7H,4-5H2,1H3. The number of anilines is 1. The summed E-state index contributed by atoms with van der Waals surface area (Å²) >= 11 is 3.00. The fraction of sp³-hybridized carbons (Fsp3) is 0.231. The predicted octanol–water partition coefficient (Wildman–Crippen LogP) is 2.53. The Hall–Kier alpha value is -1.67. The van der Waals surface area contributed by atoms with Gasteiger partial charge >= 0.3 is 0 Å². The quantitative estimate of drug-likeness (QED) is 0.622. The molecule has 0 aliphatic carbocycles. The smallest absolute Gasteiger partial charge is 0.299 e. The van der Waals surface area contributed by atoms with Crippen LogP contribution in [-0.4, -0.2) is 18.2 Å². The van der Waals surface area contributed by atoms with Crippen LogP contribution in [0.25, 0.3) is 0 Å². The third-order valence-electron chi connectivity index (χ3n) is 2.65. The number of nitrogens with zero attached hydrogens (tertiary/aromatic N) is 1. The van der Waals surface area contributed by atoms with Gasteiger partial charge in [-0.05, 0) is 35.0 Å². The molecule has 1 aromatic rings. The lowest BCUT2D eigenvalue weighted by molar-refractivity contribution is -0.114. The fourth-order valence-electron chi connectivity index (χ4n) is 1.80. The molecule has 0 fully saturated rings. The number of amides is 1. The summed E-state index contributed by atoms with van der Waals surface area (Å²) in [6.07, 6.45) is 0.451. The van der Waals surface area contributed by atoms with Crippen LogP contribution in [0.4, 0.5) is 10.1 Å². The minimum Gasteiger partial charge on any atom is -0.304 e. The molecule has 1 aromatic carbocycles. The Kier molecular flexibility index (Phi) is 3.48. The van der Waals surface area contributed by atoms with Gasteiger partial charge in [0, 0.05) is 13.0 Å². The molecule has 18 heavy (non-hydrogen) atoms. The summed E-state index contributed by atoms with van der Waals surface area (Å²) in [4.78, 5) is 24.8. The van der Waals surface area contributed by atoms with Crippen molar-refractivity contribution in [3.8, 4) is 11.8 Å². The molecule has 0 unspecified atom stereocenters. The molecule has 3 nitrogen and oxygen atoms in total. The van der Waals surface area contributed by atoms with E-state index in [2.05, 4.69) is 27.8 Å². The second-order valence-corrected chi connectivity index (χ2v) is 4.60. The van der Waals surface area contributed by atoms with Crippen molar-refractivity contribution in [3.63, 3.8) is 0 Å². The highest BCUT2D eigenvalue weighted by molar-refractivity contribution is 9.10. The van der Waals surface area contributed by atoms with Crippen LogP contribution in [0.1, 0.15) is 23.7 Å². The summed E-state index contributed by atoms with van der Waals surface area (Å²) in [6.45, 7) is 1.99. The van der Waals surface area contributed by atoms with Crippen LogP contribution in [0.2, 0.25) is 0 Å². The number of halogens is 2. The number of rotatable bonds is 2. The number of hydrogen-bond acceptors (Lipinski definition) is 2. The highest BCUT2D eigenvalue weighted by Gasteiger charge is 2.36. The SMILES string of the molecule is CC#CCCN1C(=O)C(=O)c2cc(Br)c(F)cc21. The molecule has 2 rings (SSSR count). The number of hydrogen-bond donors (Lipinski definition) is 0. The molecule has 0 spiro atoms. The van der Waals surface area contributed by atoms with Crippen LogP contribution in [0.3, 0.4) is 0 Å². The lowest BCUT2D eigenvalue weighted by Crippen LogP contribution is -2.30. The molecule has 1 aliphatic rings. The summed E-state index contributed by atoms with van der Waals surface area (Å²) in [5.74, 6) is 3.79. The topological polar surface area (TPSA) is 37.4 Å². The Morgan fingerprint density at radius 1 is 1.39 bits per heavy atom. The average molecular weight is 310 g/mol. The van der Waals surface area contributed by atoms with Crippen LogP contribution >= 0.6 is 15.9 Å². The molecule has 0 saturated carbocycles. The molecule has 0 radical (unpaired) electrons. The molecule has 1 aliphatic heterocycles. The normalized spacial score (nSPS) is 13.4. The Bertz CT molecular complexity index is 601. The third kappa shape index (κ3) is 2.04. The van der Waals surface area contributed by atoms with Gasteiger partial charge in [0.1, 0.15) is 5.82 Å². The Labute approximate surface area is 112 Å². The predicted molar refractivity (Wildman–Crippen MR) is 68.9 cm³/mol. The first-order chi connectivity index (χ1) is 8.56. The maximum absolute atomic E-state index is 13.5. The summed E-state index contributed by atoms with van der Waals surface area (Å²) in [6, 6.07) is 2.54. The number of ketones is 1. The van der Waals surface area contributed by atoms with Crippen molar-refractivity contribution in [1.82, 2.24) is 0 Å². The zero-order chi connectivity index (χ0) is 13.3. The van der Waals surface area contributed by atoms with E-state index in [0.717, 1.165) is 0 Å². The molecule has 92 valence electrons. The first-order valence-electron chi connectivity index (χ1n) is 5.31. The van der Waals surface area contributed by atoms with Crippen LogP contribution < -0.4 is 4.90 Å². The van der Waals surface area contributed by atoms with Gasteiger partial charge in [0.05, 0.1) is 15.7 Å². The van der Waals surface area contributed by atoms with E-state index in [1.165, 1.54) is 17.0 Å². The van der Waals surface area contributed by atoms with E-state index in [1.807, 2.05) is 0 Å². The Morgan fingerprint density at radius 2 is 2.11 bits per heavy atom. The number of carbonyl (C=O) groups excluding carboxylic acids is 2. The first kappa shape index (κ1) is 12.8. The van der Waals surface area contributed by atoms with Crippen molar-refractivity contribution in [2.45, 2.75) is 13.3 Å². The molecule has 0 atom stereocenters. The van der Waals surface area contributed by atoms with Gasteiger partial charge in [0.25, 0.3) is 11.7 Å². The van der Waals surface area contributed by atoms with Crippen molar-refractivity contribution in [2.75, 3.05) is 11.4 Å². The molecule has 5 heteroatoms. The van der Waals surface area contributed by atoms with Gasteiger partial charge in [-0.1, -0.05) is 0 Å². The van der Waals surface area contributed by atoms with Gasteiger partial charge < -0.3 is 4.90 Å². The molecule has 0 saturated heterocycles. The van der Waals surface area contributed by atoms with Crippen LogP contribution in [0.15, 0.2) is 16.6 Å². The lowest BCUT2D eigenvalue weighted by atomic mass is 10.1. The molecular weight excluding hydrogens is 301 g/mol. The number of Topliss-reactive ketones (excluding diaryl/α,β-unsaturated/α-hetero) is 1. The summed E-state index contributed by atoms with van der Waals surface area (Å²) in [5, 5.41) is 0. The summed E-state index contributed by atoms with van der Waals surface area (Å²) in [5.41, 5.74) is 0.557. The molecule has 0 aromatic heterocycles. The van der Waals surface area contributed by atoms with E-state index in [-0.39, 0.29) is 10.0 Å². The fourth-order valence-corrected chi connectivity index (χ4v) is 2.15. The zero-order valence-corrected chi connectivity index (χ0v) is 11.2. The second-order valence-electron chi connectivity index (χ2n) is 3.75. The van der Waals surface area contributed by atoms with Gasteiger partial charge in [-0.25, -0.2) is 4.39 Å². The van der Waals surface area contributed by atoms with Gasteiger partial charge in [-0.2, -0.15) is 0 Å².